The molecule has 1 amide bonds. The lowest BCUT2D eigenvalue weighted by Crippen LogP contribution is -2.16. The number of nitrogens with one attached hydrogen (secondary N) is 2. The molecule has 2 atom stereocenters. The van der Waals surface area contributed by atoms with Crippen LogP contribution in [0.1, 0.15) is 35.8 Å². The fourth-order valence-corrected chi connectivity index (χ4v) is 3.00. The van der Waals surface area contributed by atoms with Crippen molar-refractivity contribution in [3.05, 3.63) is 48.4 Å². The van der Waals surface area contributed by atoms with Crippen LogP contribution in [0.25, 0.3) is 11.4 Å². The largest absolute Gasteiger partial charge is 0.351 e. The average Bonchev–Trinajstić information content (AvgIpc) is 3.52. The lowest BCUT2D eigenvalue weighted by Gasteiger charge is -2.13. The van der Waals surface area contributed by atoms with E-state index in [-0.39, 0.29) is 18.0 Å². The number of Topliss-reactive ketones (excluding diaryl/α,β-unsaturated/α-hetero) is 1. The molecule has 0 unspecified atom stereocenters. The first-order valence-electron chi connectivity index (χ1n) is 9.80. The maximum atomic E-state index is 13.1. The zero-order valence-electron chi connectivity index (χ0n) is 17.0. The van der Waals surface area contributed by atoms with Gasteiger partial charge in [-0.3, -0.25) is 14.6 Å². The second-order valence-corrected chi connectivity index (χ2v) is 7.21. The minimum absolute atomic E-state index is 0.0285. The highest BCUT2D eigenvalue weighted by molar-refractivity contribution is 5.95. The third kappa shape index (κ3) is 4.52. The van der Waals surface area contributed by atoms with E-state index in [1.54, 1.807) is 31.5 Å². The fraction of sp³-hybridized carbons (Fsp3) is 0.286. The first-order chi connectivity index (χ1) is 15.0. The van der Waals surface area contributed by atoms with Gasteiger partial charge in [0.25, 0.3) is 0 Å². The van der Waals surface area contributed by atoms with Crippen molar-refractivity contribution in [2.75, 3.05) is 10.6 Å². The topological polar surface area (TPSA) is 123 Å². The number of amides is 1. The van der Waals surface area contributed by atoms with Crippen molar-refractivity contribution in [1.82, 2.24) is 24.9 Å². The van der Waals surface area contributed by atoms with Gasteiger partial charge in [0.1, 0.15) is 36.0 Å². The summed E-state index contributed by atoms with van der Waals surface area (Å²) in [5.41, 5.74) is 3.43. The first kappa shape index (κ1) is 20.5. The molecule has 0 aromatic carbocycles. The fourth-order valence-electron chi connectivity index (χ4n) is 3.00. The monoisotopic (exact) mass is 421 g/mol. The van der Waals surface area contributed by atoms with Crippen LogP contribution in [-0.4, -0.2) is 42.8 Å². The van der Waals surface area contributed by atoms with Crippen molar-refractivity contribution < 1.29 is 14.0 Å². The van der Waals surface area contributed by atoms with Gasteiger partial charge in [-0.2, -0.15) is 0 Å². The van der Waals surface area contributed by atoms with E-state index >= 15 is 0 Å². The van der Waals surface area contributed by atoms with E-state index in [2.05, 4.69) is 35.6 Å². The number of rotatable bonds is 7. The van der Waals surface area contributed by atoms with Crippen molar-refractivity contribution in [2.24, 2.45) is 5.92 Å². The molecule has 1 aliphatic carbocycles. The van der Waals surface area contributed by atoms with E-state index in [0.717, 1.165) is 5.56 Å². The Balaban J connectivity index is 1.59. The summed E-state index contributed by atoms with van der Waals surface area (Å²) in [7, 11) is 0. The highest BCUT2D eigenvalue weighted by atomic mass is 19.1. The Morgan fingerprint density at radius 3 is 2.61 bits per heavy atom. The first-order valence-corrected chi connectivity index (χ1v) is 9.80. The van der Waals surface area contributed by atoms with Gasteiger partial charge in [-0.05, 0) is 25.0 Å². The summed E-state index contributed by atoms with van der Waals surface area (Å²) in [6, 6.07) is 3.29. The Labute approximate surface area is 177 Å². The summed E-state index contributed by atoms with van der Waals surface area (Å²) in [5.74, 6) is -0.785. The number of anilines is 3. The van der Waals surface area contributed by atoms with Crippen LogP contribution in [0.2, 0.25) is 0 Å². The number of nitrogens with zero attached hydrogens (tertiary/aromatic N) is 5. The molecule has 3 aromatic rings. The lowest BCUT2D eigenvalue weighted by atomic mass is 10.1. The van der Waals surface area contributed by atoms with E-state index in [0.29, 0.717) is 34.9 Å². The second kappa shape index (κ2) is 8.50. The van der Waals surface area contributed by atoms with Gasteiger partial charge in [0.05, 0.1) is 35.4 Å². The molecule has 10 heteroatoms. The Bertz CT molecular complexity index is 1150. The number of hydrogen-bond acceptors (Lipinski definition) is 8. The van der Waals surface area contributed by atoms with Crippen LogP contribution in [0.5, 0.6) is 0 Å². The van der Waals surface area contributed by atoms with Crippen molar-refractivity contribution in [2.45, 2.75) is 32.9 Å². The third-order valence-corrected chi connectivity index (χ3v) is 4.91. The Morgan fingerprint density at radius 2 is 1.90 bits per heavy atom. The zero-order chi connectivity index (χ0) is 22.0. The van der Waals surface area contributed by atoms with E-state index in [9.17, 15) is 14.0 Å². The Hall–Kier alpha value is -3.82. The maximum Gasteiger partial charge on any atom is 0.231 e. The van der Waals surface area contributed by atoms with Gasteiger partial charge in [-0.1, -0.05) is 6.92 Å². The molecule has 3 heterocycles. The van der Waals surface area contributed by atoms with Crippen LogP contribution in [-0.2, 0) is 4.79 Å². The third-order valence-electron chi connectivity index (χ3n) is 4.91. The number of halogens is 1. The molecule has 9 nitrogen and oxygen atoms in total. The van der Waals surface area contributed by atoms with Gasteiger partial charge in [0.2, 0.25) is 5.91 Å². The standard InChI is InChI=1S/C21H20FN7O2/c1-3-18(30)14-4-11(2)16(8-24-14)28-17-7-23-9-27-20(17)15-6-19(26-10-25-15)29-21(31)12-5-13(12)22/h4,6-10,12-13,28H,3,5H2,1-2H3,(H,25,26,29,31)/t12-,13+/m0/s1. The second-order valence-electron chi connectivity index (χ2n) is 7.21. The molecule has 4 rings (SSSR count). The van der Waals surface area contributed by atoms with Crippen molar-refractivity contribution in [1.29, 1.82) is 0 Å². The summed E-state index contributed by atoms with van der Waals surface area (Å²) in [6.07, 6.45) is 5.39. The van der Waals surface area contributed by atoms with Gasteiger partial charge in [-0.25, -0.2) is 24.3 Å². The van der Waals surface area contributed by atoms with Crippen molar-refractivity contribution in [3.63, 3.8) is 0 Å². The van der Waals surface area contributed by atoms with E-state index in [4.69, 9.17) is 0 Å². The molecule has 2 N–H and O–H groups in total. The number of carbonyl (C=O) groups is 2. The number of hydrogen-bond donors (Lipinski definition) is 2. The predicted octanol–water partition coefficient (Wildman–Crippen LogP) is 3.27. The van der Waals surface area contributed by atoms with Gasteiger partial charge in [0.15, 0.2) is 5.78 Å². The van der Waals surface area contributed by atoms with Crippen LogP contribution >= 0.6 is 0 Å². The molecule has 31 heavy (non-hydrogen) atoms. The quantitative estimate of drug-likeness (QED) is 0.557. The minimum atomic E-state index is -1.09. The number of aromatic nitrogens is 5. The molecular weight excluding hydrogens is 401 g/mol. The lowest BCUT2D eigenvalue weighted by molar-refractivity contribution is -0.117. The van der Waals surface area contributed by atoms with Crippen LogP contribution in [0.4, 0.5) is 21.6 Å². The highest BCUT2D eigenvalue weighted by Gasteiger charge is 2.43. The molecule has 0 aliphatic heterocycles. The zero-order valence-corrected chi connectivity index (χ0v) is 17.0. The maximum absolute atomic E-state index is 13.1. The highest BCUT2D eigenvalue weighted by Crippen LogP contribution is 2.35. The number of pyridine rings is 1. The number of alkyl halides is 1. The SMILES string of the molecule is CCC(=O)c1cc(C)c(Nc2cncnc2-c2cc(NC(=O)[C@H]3C[C@H]3F)ncn2)cn1. The molecule has 158 valence electrons. The molecule has 0 saturated heterocycles. The predicted molar refractivity (Wildman–Crippen MR) is 112 cm³/mol. The average molecular weight is 421 g/mol. The van der Waals surface area contributed by atoms with E-state index in [1.165, 1.54) is 12.7 Å². The molecule has 1 fully saturated rings. The van der Waals surface area contributed by atoms with Gasteiger partial charge in [0, 0.05) is 12.5 Å². The summed E-state index contributed by atoms with van der Waals surface area (Å²) >= 11 is 0. The molecule has 1 aliphatic rings. The minimum Gasteiger partial charge on any atom is -0.351 e. The van der Waals surface area contributed by atoms with Crippen molar-refractivity contribution >= 4 is 28.9 Å². The summed E-state index contributed by atoms with van der Waals surface area (Å²) in [6.45, 7) is 3.66. The molecule has 0 bridgehead atoms. The molecule has 3 aromatic heterocycles. The summed E-state index contributed by atoms with van der Waals surface area (Å²) in [4.78, 5) is 44.7. The van der Waals surface area contributed by atoms with Crippen LogP contribution in [0, 0.1) is 12.8 Å². The molecule has 1 saturated carbocycles. The Kier molecular flexibility index (Phi) is 5.61. The Morgan fingerprint density at radius 1 is 1.10 bits per heavy atom. The number of ketones is 1. The molecular formula is C21H20FN7O2. The number of aryl methyl sites for hydroxylation is 1. The van der Waals surface area contributed by atoms with Gasteiger partial charge >= 0.3 is 0 Å². The van der Waals surface area contributed by atoms with Crippen LogP contribution < -0.4 is 10.6 Å². The normalized spacial score (nSPS) is 17.1. The summed E-state index contributed by atoms with van der Waals surface area (Å²) in [5, 5.41) is 5.83. The van der Waals surface area contributed by atoms with Crippen LogP contribution in [0.3, 0.4) is 0 Å². The van der Waals surface area contributed by atoms with E-state index in [1.807, 2.05) is 6.92 Å². The van der Waals surface area contributed by atoms with Gasteiger partial charge in [-0.15, -0.1) is 0 Å². The van der Waals surface area contributed by atoms with Crippen molar-refractivity contribution in [3.8, 4) is 11.4 Å². The van der Waals surface area contributed by atoms with Crippen LogP contribution in [0.15, 0.2) is 37.2 Å². The smallest absolute Gasteiger partial charge is 0.231 e. The van der Waals surface area contributed by atoms with E-state index < -0.39 is 18.0 Å². The molecule has 0 spiro atoms. The summed E-state index contributed by atoms with van der Waals surface area (Å²) < 4.78 is 13.1. The number of carbonyl (C=O) groups excluding carboxylic acids is 2. The molecule has 0 radical (unpaired) electrons. The van der Waals surface area contributed by atoms with Gasteiger partial charge < -0.3 is 10.6 Å².